The maximum absolute atomic E-state index is 11.6. The van der Waals surface area contributed by atoms with E-state index in [4.69, 9.17) is 0 Å². The molecule has 0 N–H and O–H groups in total. The number of allylic oxidation sites excluding steroid dienone is 2. The first-order valence-electron chi connectivity index (χ1n) is 6.95. The SMILES string of the molecule is CC1C/C=C/CCCCCCCC(=O)CC1. The Balaban J connectivity index is 2.31. The molecule has 92 valence electrons. The van der Waals surface area contributed by atoms with Gasteiger partial charge in [0, 0.05) is 12.8 Å². The second kappa shape index (κ2) is 8.55. The minimum absolute atomic E-state index is 0.480. The molecule has 0 saturated carbocycles. The Morgan fingerprint density at radius 2 is 1.75 bits per heavy atom. The number of carbonyl (C=O) groups is 1. The molecule has 1 rings (SSSR count). The van der Waals surface area contributed by atoms with Crippen LogP contribution in [-0.2, 0) is 4.79 Å². The third-order valence-electron chi connectivity index (χ3n) is 3.45. The van der Waals surface area contributed by atoms with Crippen molar-refractivity contribution in [3.63, 3.8) is 0 Å². The summed E-state index contributed by atoms with van der Waals surface area (Å²) in [6.07, 6.45) is 16.0. The van der Waals surface area contributed by atoms with Gasteiger partial charge < -0.3 is 0 Å². The van der Waals surface area contributed by atoms with E-state index < -0.39 is 0 Å². The lowest BCUT2D eigenvalue weighted by Gasteiger charge is -2.08. The Labute approximate surface area is 100 Å². The van der Waals surface area contributed by atoms with Crippen molar-refractivity contribution in [3.05, 3.63) is 12.2 Å². The van der Waals surface area contributed by atoms with Gasteiger partial charge in [-0.25, -0.2) is 0 Å². The Bertz CT molecular complexity index is 217. The Morgan fingerprint density at radius 3 is 2.62 bits per heavy atom. The van der Waals surface area contributed by atoms with E-state index in [-0.39, 0.29) is 0 Å². The average molecular weight is 222 g/mol. The van der Waals surface area contributed by atoms with Gasteiger partial charge in [-0.15, -0.1) is 0 Å². The summed E-state index contributed by atoms with van der Waals surface area (Å²) < 4.78 is 0. The molecule has 0 spiro atoms. The summed E-state index contributed by atoms with van der Waals surface area (Å²) in [6.45, 7) is 2.25. The smallest absolute Gasteiger partial charge is 0.132 e. The van der Waals surface area contributed by atoms with Crippen LogP contribution in [0.25, 0.3) is 0 Å². The van der Waals surface area contributed by atoms with Crippen LogP contribution in [0, 0.1) is 5.92 Å². The summed E-state index contributed by atoms with van der Waals surface area (Å²) >= 11 is 0. The zero-order valence-corrected chi connectivity index (χ0v) is 10.7. The molecule has 0 bridgehead atoms. The highest BCUT2D eigenvalue weighted by molar-refractivity contribution is 5.78. The molecule has 0 aromatic rings. The fourth-order valence-electron chi connectivity index (χ4n) is 2.21. The molecule has 0 aromatic carbocycles. The topological polar surface area (TPSA) is 17.1 Å². The number of carbonyl (C=O) groups excluding carboxylic acids is 1. The maximum atomic E-state index is 11.6. The fourth-order valence-corrected chi connectivity index (χ4v) is 2.21. The van der Waals surface area contributed by atoms with Gasteiger partial charge >= 0.3 is 0 Å². The standard InChI is InChI=1S/C15H26O/c1-14-10-8-6-4-2-3-5-7-9-11-15(16)13-12-14/h6,8,14H,2-5,7,9-13H2,1H3/b8-6+. The molecule has 1 atom stereocenters. The van der Waals surface area contributed by atoms with Gasteiger partial charge in [-0.3, -0.25) is 4.79 Å². The molecule has 1 unspecified atom stereocenters. The van der Waals surface area contributed by atoms with E-state index in [1.807, 2.05) is 0 Å². The third-order valence-corrected chi connectivity index (χ3v) is 3.45. The van der Waals surface area contributed by atoms with E-state index in [0.29, 0.717) is 11.7 Å². The second-order valence-electron chi connectivity index (χ2n) is 5.20. The minimum atomic E-state index is 0.480. The molecule has 0 amide bonds. The number of ketones is 1. The van der Waals surface area contributed by atoms with Crippen LogP contribution in [0.4, 0.5) is 0 Å². The zero-order chi connectivity index (χ0) is 11.6. The van der Waals surface area contributed by atoms with E-state index in [1.54, 1.807) is 0 Å². The molecule has 1 aliphatic rings. The predicted molar refractivity (Wildman–Crippen MR) is 69.5 cm³/mol. The monoisotopic (exact) mass is 222 g/mol. The highest BCUT2D eigenvalue weighted by atomic mass is 16.1. The first-order valence-corrected chi connectivity index (χ1v) is 6.95. The normalized spacial score (nSPS) is 28.3. The molecule has 1 heteroatoms. The van der Waals surface area contributed by atoms with Crippen molar-refractivity contribution in [1.29, 1.82) is 0 Å². The van der Waals surface area contributed by atoms with Gasteiger partial charge in [0.1, 0.15) is 5.78 Å². The van der Waals surface area contributed by atoms with E-state index in [0.717, 1.165) is 32.1 Å². The van der Waals surface area contributed by atoms with Gasteiger partial charge in [0.15, 0.2) is 0 Å². The van der Waals surface area contributed by atoms with Crippen molar-refractivity contribution in [2.24, 2.45) is 5.92 Å². The van der Waals surface area contributed by atoms with E-state index in [2.05, 4.69) is 19.1 Å². The van der Waals surface area contributed by atoms with Crippen LogP contribution < -0.4 is 0 Å². The largest absolute Gasteiger partial charge is 0.300 e. The van der Waals surface area contributed by atoms with Crippen LogP contribution in [0.1, 0.15) is 71.1 Å². The Hall–Kier alpha value is -0.590. The van der Waals surface area contributed by atoms with Crippen LogP contribution in [0.15, 0.2) is 12.2 Å². The summed E-state index contributed by atoms with van der Waals surface area (Å²) in [7, 11) is 0. The molecular formula is C15H26O. The third kappa shape index (κ3) is 6.81. The van der Waals surface area contributed by atoms with Crippen molar-refractivity contribution >= 4 is 5.78 Å². The van der Waals surface area contributed by atoms with Crippen LogP contribution in [0.3, 0.4) is 0 Å². The molecule has 1 aliphatic carbocycles. The first-order chi connectivity index (χ1) is 7.79. The van der Waals surface area contributed by atoms with Crippen LogP contribution in [-0.4, -0.2) is 5.78 Å². The average Bonchev–Trinajstić information content (AvgIpc) is 2.28. The summed E-state index contributed by atoms with van der Waals surface area (Å²) in [5.74, 6) is 1.15. The predicted octanol–water partition coefficient (Wildman–Crippen LogP) is 4.66. The van der Waals surface area contributed by atoms with Crippen molar-refractivity contribution in [2.75, 3.05) is 0 Å². The zero-order valence-electron chi connectivity index (χ0n) is 10.7. The van der Waals surface area contributed by atoms with E-state index in [9.17, 15) is 4.79 Å². The summed E-state index contributed by atoms with van der Waals surface area (Å²) in [6, 6.07) is 0. The molecule has 0 saturated heterocycles. The van der Waals surface area contributed by atoms with E-state index in [1.165, 1.54) is 32.1 Å². The quantitative estimate of drug-likeness (QED) is 0.545. The van der Waals surface area contributed by atoms with Crippen molar-refractivity contribution < 1.29 is 4.79 Å². The molecule has 1 nitrogen and oxygen atoms in total. The number of hydrogen-bond acceptors (Lipinski definition) is 1. The highest BCUT2D eigenvalue weighted by Gasteiger charge is 2.06. The number of Topliss-reactive ketones (excluding diaryl/α,β-unsaturated/α-hetero) is 1. The molecule has 0 fully saturated rings. The van der Waals surface area contributed by atoms with Crippen molar-refractivity contribution in [1.82, 2.24) is 0 Å². The lowest BCUT2D eigenvalue weighted by atomic mass is 9.97. The number of rotatable bonds is 0. The second-order valence-corrected chi connectivity index (χ2v) is 5.20. The molecule has 0 heterocycles. The number of hydrogen-bond donors (Lipinski definition) is 0. The molecule has 16 heavy (non-hydrogen) atoms. The molecular weight excluding hydrogens is 196 g/mol. The molecule has 0 aliphatic heterocycles. The van der Waals surface area contributed by atoms with Crippen LogP contribution in [0.2, 0.25) is 0 Å². The minimum Gasteiger partial charge on any atom is -0.300 e. The lowest BCUT2D eigenvalue weighted by molar-refractivity contribution is -0.119. The maximum Gasteiger partial charge on any atom is 0.132 e. The van der Waals surface area contributed by atoms with Gasteiger partial charge in [-0.1, -0.05) is 38.3 Å². The van der Waals surface area contributed by atoms with Gasteiger partial charge in [0.25, 0.3) is 0 Å². The first kappa shape index (κ1) is 13.5. The highest BCUT2D eigenvalue weighted by Crippen LogP contribution is 2.15. The Morgan fingerprint density at radius 1 is 1.00 bits per heavy atom. The fraction of sp³-hybridized carbons (Fsp3) is 0.800. The van der Waals surface area contributed by atoms with Crippen LogP contribution in [0.5, 0.6) is 0 Å². The lowest BCUT2D eigenvalue weighted by Crippen LogP contribution is -2.02. The van der Waals surface area contributed by atoms with E-state index >= 15 is 0 Å². The van der Waals surface area contributed by atoms with Crippen molar-refractivity contribution in [3.8, 4) is 0 Å². The van der Waals surface area contributed by atoms with Gasteiger partial charge in [-0.05, 0) is 38.0 Å². The van der Waals surface area contributed by atoms with Crippen LogP contribution >= 0.6 is 0 Å². The summed E-state index contributed by atoms with van der Waals surface area (Å²) in [5.41, 5.74) is 0. The Kier molecular flexibility index (Phi) is 7.20. The summed E-state index contributed by atoms with van der Waals surface area (Å²) in [5, 5.41) is 0. The molecule has 0 aromatic heterocycles. The van der Waals surface area contributed by atoms with Gasteiger partial charge in [0.05, 0.1) is 0 Å². The van der Waals surface area contributed by atoms with Gasteiger partial charge in [0.2, 0.25) is 0 Å². The molecule has 0 radical (unpaired) electrons. The van der Waals surface area contributed by atoms with Crippen molar-refractivity contribution in [2.45, 2.75) is 71.1 Å². The summed E-state index contributed by atoms with van der Waals surface area (Å²) in [4.78, 5) is 11.6. The van der Waals surface area contributed by atoms with Gasteiger partial charge in [-0.2, -0.15) is 0 Å².